The number of allylic oxidation sites excluding steroid dienone is 1. The van der Waals surface area contributed by atoms with E-state index in [2.05, 4.69) is 0 Å². The van der Waals surface area contributed by atoms with Crippen molar-refractivity contribution in [3.63, 3.8) is 0 Å². The third-order valence-corrected chi connectivity index (χ3v) is 1.37. The van der Waals surface area contributed by atoms with E-state index in [1.165, 1.54) is 0 Å². The number of ketones is 1. The average Bonchev–Trinajstić information content (AvgIpc) is 2.03. The van der Waals surface area contributed by atoms with Gasteiger partial charge in [0.25, 0.3) is 0 Å². The van der Waals surface area contributed by atoms with Crippen molar-refractivity contribution >= 4 is 35.3 Å². The van der Waals surface area contributed by atoms with E-state index >= 15 is 0 Å². The second-order valence-electron chi connectivity index (χ2n) is 2.34. The maximum atomic E-state index is 12.5. The molecule has 0 atom stereocenters. The Balaban J connectivity index is 0.00000169. The van der Waals surface area contributed by atoms with Gasteiger partial charge in [0.15, 0.2) is 5.78 Å². The molecule has 0 bridgehead atoms. The van der Waals surface area contributed by atoms with E-state index in [9.17, 15) is 13.6 Å². The molecule has 0 aromatic heterocycles. The zero-order valence-corrected chi connectivity index (χ0v) is 6.50. The fraction of sp³-hybridized carbons (Fsp3) is 0. The second-order valence-corrected chi connectivity index (χ2v) is 2.34. The first-order valence-corrected chi connectivity index (χ1v) is 3.44. The number of carbonyl (C=O) groups is 1. The molecule has 0 amide bonds. The van der Waals surface area contributed by atoms with Crippen LogP contribution in [-0.2, 0) is 0 Å². The van der Waals surface area contributed by atoms with Gasteiger partial charge in [0.2, 0.25) is 0 Å². The molecular weight excluding hydrogens is 201 g/mol. The van der Waals surface area contributed by atoms with E-state index in [0.717, 1.165) is 18.2 Å². The molecule has 0 saturated heterocycles. The van der Waals surface area contributed by atoms with E-state index in [1.54, 1.807) is 0 Å². The van der Waals surface area contributed by atoms with Crippen molar-refractivity contribution in [2.45, 2.75) is 0 Å². The Morgan fingerprint density at radius 1 is 1.21 bits per heavy atom. The summed E-state index contributed by atoms with van der Waals surface area (Å²) in [4.78, 5) is 11.0. The SMILES string of the molecule is O=C(C=CO)c1cc(F)cc(F)c1.[NaH]. The fourth-order valence-electron chi connectivity index (χ4n) is 0.860. The monoisotopic (exact) mass is 208 g/mol. The molecule has 0 aliphatic heterocycles. The van der Waals surface area contributed by atoms with Gasteiger partial charge in [-0.1, -0.05) is 0 Å². The number of benzene rings is 1. The van der Waals surface area contributed by atoms with Gasteiger partial charge in [0, 0.05) is 17.7 Å². The van der Waals surface area contributed by atoms with Gasteiger partial charge in [0.1, 0.15) is 11.6 Å². The molecule has 5 heteroatoms. The molecule has 0 spiro atoms. The minimum atomic E-state index is -0.824. The molecular formula is C9H7F2NaO2. The standard InChI is InChI=1S/C9H6F2O2.Na.H/c10-7-3-6(4-8(11)5-7)9(13)1-2-12;;/h1-5,12H;;. The van der Waals surface area contributed by atoms with Crippen LogP contribution in [0.15, 0.2) is 30.5 Å². The third-order valence-electron chi connectivity index (χ3n) is 1.37. The molecule has 1 aromatic rings. The van der Waals surface area contributed by atoms with Crippen LogP contribution >= 0.6 is 0 Å². The van der Waals surface area contributed by atoms with E-state index < -0.39 is 17.4 Å². The van der Waals surface area contributed by atoms with Gasteiger partial charge in [-0.2, -0.15) is 0 Å². The van der Waals surface area contributed by atoms with Gasteiger partial charge in [-0.3, -0.25) is 4.79 Å². The zero-order chi connectivity index (χ0) is 9.84. The minimum absolute atomic E-state index is 0. The van der Waals surface area contributed by atoms with Crippen LogP contribution in [0.3, 0.4) is 0 Å². The molecule has 1 rings (SSSR count). The van der Waals surface area contributed by atoms with Gasteiger partial charge in [-0.05, 0) is 12.1 Å². The van der Waals surface area contributed by atoms with Crippen LogP contribution in [-0.4, -0.2) is 40.4 Å². The Morgan fingerprint density at radius 2 is 1.71 bits per heavy atom. The Bertz CT molecular complexity index is 344. The van der Waals surface area contributed by atoms with Crippen molar-refractivity contribution in [1.82, 2.24) is 0 Å². The van der Waals surface area contributed by atoms with Gasteiger partial charge in [-0.15, -0.1) is 0 Å². The summed E-state index contributed by atoms with van der Waals surface area (Å²) in [6.45, 7) is 0. The molecule has 70 valence electrons. The molecule has 2 nitrogen and oxygen atoms in total. The predicted molar refractivity (Wildman–Crippen MR) is 49.6 cm³/mol. The topological polar surface area (TPSA) is 37.3 Å². The summed E-state index contributed by atoms with van der Waals surface area (Å²) in [6, 6.07) is 2.45. The summed E-state index contributed by atoms with van der Waals surface area (Å²) >= 11 is 0. The molecule has 1 N–H and O–H groups in total. The number of aliphatic hydroxyl groups is 1. The van der Waals surface area contributed by atoms with Gasteiger partial charge in [-0.25, -0.2) is 8.78 Å². The summed E-state index contributed by atoms with van der Waals surface area (Å²) in [5, 5.41) is 8.25. The number of halogens is 2. The molecule has 0 heterocycles. The van der Waals surface area contributed by atoms with Crippen LogP contribution in [0.5, 0.6) is 0 Å². The van der Waals surface area contributed by atoms with Crippen LogP contribution in [0, 0.1) is 11.6 Å². The fourth-order valence-corrected chi connectivity index (χ4v) is 0.860. The van der Waals surface area contributed by atoms with Crippen LogP contribution in [0.1, 0.15) is 10.4 Å². The molecule has 0 unspecified atom stereocenters. The van der Waals surface area contributed by atoms with Crippen LogP contribution < -0.4 is 0 Å². The Kier molecular flexibility index (Phi) is 5.60. The van der Waals surface area contributed by atoms with Crippen molar-refractivity contribution in [2.24, 2.45) is 0 Å². The maximum absolute atomic E-state index is 12.5. The molecule has 0 aliphatic carbocycles. The molecule has 14 heavy (non-hydrogen) atoms. The van der Waals surface area contributed by atoms with Crippen molar-refractivity contribution in [2.75, 3.05) is 0 Å². The average molecular weight is 208 g/mol. The van der Waals surface area contributed by atoms with Crippen molar-refractivity contribution < 1.29 is 18.7 Å². The molecule has 1 aromatic carbocycles. The molecule has 0 saturated carbocycles. The number of hydrogen-bond acceptors (Lipinski definition) is 2. The number of hydrogen-bond donors (Lipinski definition) is 1. The number of carbonyl (C=O) groups excluding carboxylic acids is 1. The van der Waals surface area contributed by atoms with Crippen molar-refractivity contribution in [1.29, 1.82) is 0 Å². The van der Waals surface area contributed by atoms with Crippen LogP contribution in [0.2, 0.25) is 0 Å². The predicted octanol–water partition coefficient (Wildman–Crippen LogP) is 1.57. The van der Waals surface area contributed by atoms with E-state index in [1.807, 2.05) is 0 Å². The Labute approximate surface area is 102 Å². The first-order chi connectivity index (χ1) is 6.13. The zero-order valence-electron chi connectivity index (χ0n) is 6.50. The van der Waals surface area contributed by atoms with E-state index in [4.69, 9.17) is 5.11 Å². The Hall–Kier alpha value is -0.710. The van der Waals surface area contributed by atoms with Gasteiger partial charge < -0.3 is 5.11 Å². The van der Waals surface area contributed by atoms with Crippen molar-refractivity contribution in [3.05, 3.63) is 47.7 Å². The van der Waals surface area contributed by atoms with E-state index in [0.29, 0.717) is 12.3 Å². The van der Waals surface area contributed by atoms with Crippen LogP contribution in [0.25, 0.3) is 0 Å². The first-order valence-electron chi connectivity index (χ1n) is 3.44. The van der Waals surface area contributed by atoms with Gasteiger partial charge >= 0.3 is 29.6 Å². The second kappa shape index (κ2) is 5.90. The van der Waals surface area contributed by atoms with Gasteiger partial charge in [0.05, 0.1) is 6.26 Å². The molecule has 0 fully saturated rings. The summed E-state index contributed by atoms with van der Waals surface area (Å²) in [5.74, 6) is -2.30. The number of rotatable bonds is 2. The molecule has 0 radical (unpaired) electrons. The quantitative estimate of drug-likeness (QED) is 0.346. The summed E-state index contributed by atoms with van der Waals surface area (Å²) in [6.07, 6.45) is 1.33. The van der Waals surface area contributed by atoms with Crippen molar-refractivity contribution in [3.8, 4) is 0 Å². The summed E-state index contributed by atoms with van der Waals surface area (Å²) < 4.78 is 25.1. The third kappa shape index (κ3) is 3.57. The van der Waals surface area contributed by atoms with Crippen LogP contribution in [0.4, 0.5) is 8.78 Å². The van der Waals surface area contributed by atoms with E-state index in [-0.39, 0.29) is 35.1 Å². The normalized spacial score (nSPS) is 9.86. The first kappa shape index (κ1) is 13.3. The molecule has 0 aliphatic rings. The summed E-state index contributed by atoms with van der Waals surface area (Å²) in [5.41, 5.74) is -0.136. The number of aliphatic hydroxyl groups excluding tert-OH is 1. The summed E-state index contributed by atoms with van der Waals surface area (Å²) in [7, 11) is 0. The Morgan fingerprint density at radius 3 is 2.14 bits per heavy atom.